The summed E-state index contributed by atoms with van der Waals surface area (Å²) in [7, 11) is 4.19. The lowest BCUT2D eigenvalue weighted by Crippen LogP contribution is -2.48. The number of hydrogen-bond donors (Lipinski definition) is 1. The highest BCUT2D eigenvalue weighted by molar-refractivity contribution is 5.27. The zero-order valence-electron chi connectivity index (χ0n) is 13.0. The van der Waals surface area contributed by atoms with Crippen LogP contribution in [0.2, 0.25) is 0 Å². The Morgan fingerprint density at radius 2 is 1.84 bits per heavy atom. The molecule has 0 spiro atoms. The van der Waals surface area contributed by atoms with Crippen LogP contribution in [-0.2, 0) is 6.42 Å². The molecule has 1 rings (SSSR count). The summed E-state index contributed by atoms with van der Waals surface area (Å²) in [4.78, 5) is 2.40. The normalized spacial score (nSPS) is 11.9. The van der Waals surface area contributed by atoms with Crippen molar-refractivity contribution >= 4 is 0 Å². The van der Waals surface area contributed by atoms with Gasteiger partial charge in [0.05, 0.1) is 6.61 Å². The molecule has 0 amide bonds. The number of nitrogens with one attached hydrogen (secondary N) is 1. The number of likely N-dealkylation sites (N-methyl/N-ethyl adjacent to an activating group) is 2. The number of hydrogen-bond acceptors (Lipinski definition) is 3. The van der Waals surface area contributed by atoms with E-state index in [1.807, 2.05) is 14.0 Å². The average molecular weight is 264 g/mol. The lowest BCUT2D eigenvalue weighted by Gasteiger charge is -2.35. The van der Waals surface area contributed by atoms with E-state index in [4.69, 9.17) is 4.74 Å². The molecule has 0 fully saturated rings. The summed E-state index contributed by atoms with van der Waals surface area (Å²) >= 11 is 0. The molecular weight excluding hydrogens is 236 g/mol. The minimum absolute atomic E-state index is 0.181. The average Bonchev–Trinajstić information content (AvgIpc) is 2.38. The molecule has 0 heterocycles. The molecule has 108 valence electrons. The van der Waals surface area contributed by atoms with E-state index in [1.165, 1.54) is 5.56 Å². The quantitative estimate of drug-likeness (QED) is 0.781. The summed E-state index contributed by atoms with van der Waals surface area (Å²) in [5.41, 5.74) is 1.54. The largest absolute Gasteiger partial charge is 0.494 e. The second kappa shape index (κ2) is 7.51. The summed E-state index contributed by atoms with van der Waals surface area (Å²) in [6.45, 7) is 9.31. The standard InChI is InChI=1S/C16H28N2O/c1-6-19-15-9-7-14(8-10-15)11-12-18(5)16(2,3)13-17-4/h7-10,17H,6,11-13H2,1-5H3. The van der Waals surface area contributed by atoms with E-state index in [2.05, 4.69) is 55.4 Å². The summed E-state index contributed by atoms with van der Waals surface area (Å²) in [5.74, 6) is 0.954. The maximum Gasteiger partial charge on any atom is 0.119 e. The molecule has 1 aromatic rings. The Balaban J connectivity index is 2.47. The first kappa shape index (κ1) is 16.0. The molecule has 0 aliphatic rings. The van der Waals surface area contributed by atoms with Crippen molar-refractivity contribution in [2.75, 3.05) is 33.8 Å². The molecule has 0 aliphatic carbocycles. The van der Waals surface area contributed by atoms with Crippen LogP contribution in [0.15, 0.2) is 24.3 Å². The van der Waals surface area contributed by atoms with Crippen molar-refractivity contribution in [3.63, 3.8) is 0 Å². The van der Waals surface area contributed by atoms with Gasteiger partial charge in [-0.05, 0) is 59.0 Å². The van der Waals surface area contributed by atoms with Crippen molar-refractivity contribution < 1.29 is 4.74 Å². The van der Waals surface area contributed by atoms with Crippen LogP contribution < -0.4 is 10.1 Å². The minimum Gasteiger partial charge on any atom is -0.494 e. The predicted molar refractivity (Wildman–Crippen MR) is 82.0 cm³/mol. The van der Waals surface area contributed by atoms with E-state index in [1.54, 1.807) is 0 Å². The fourth-order valence-corrected chi connectivity index (χ4v) is 2.09. The van der Waals surface area contributed by atoms with Crippen LogP contribution in [0.25, 0.3) is 0 Å². The van der Waals surface area contributed by atoms with E-state index in [9.17, 15) is 0 Å². The van der Waals surface area contributed by atoms with Crippen LogP contribution in [0.1, 0.15) is 26.3 Å². The first-order valence-corrected chi connectivity index (χ1v) is 7.07. The fourth-order valence-electron chi connectivity index (χ4n) is 2.09. The van der Waals surface area contributed by atoms with Crippen LogP contribution >= 0.6 is 0 Å². The van der Waals surface area contributed by atoms with Gasteiger partial charge in [-0.3, -0.25) is 4.90 Å². The van der Waals surface area contributed by atoms with Gasteiger partial charge in [0.25, 0.3) is 0 Å². The molecular formula is C16H28N2O. The van der Waals surface area contributed by atoms with Crippen molar-refractivity contribution in [1.82, 2.24) is 10.2 Å². The van der Waals surface area contributed by atoms with Gasteiger partial charge in [-0.2, -0.15) is 0 Å². The van der Waals surface area contributed by atoms with Gasteiger partial charge < -0.3 is 10.1 Å². The second-order valence-corrected chi connectivity index (χ2v) is 5.59. The van der Waals surface area contributed by atoms with Gasteiger partial charge in [0.2, 0.25) is 0 Å². The molecule has 0 aromatic heterocycles. The Hall–Kier alpha value is -1.06. The van der Waals surface area contributed by atoms with Crippen LogP contribution in [0.3, 0.4) is 0 Å². The van der Waals surface area contributed by atoms with Crippen molar-refractivity contribution in [3.05, 3.63) is 29.8 Å². The molecule has 0 saturated heterocycles. The number of benzene rings is 1. The zero-order valence-corrected chi connectivity index (χ0v) is 13.0. The molecule has 1 N–H and O–H groups in total. The number of rotatable bonds is 8. The molecule has 0 aliphatic heterocycles. The molecule has 0 saturated carbocycles. The number of ether oxygens (including phenoxy) is 1. The van der Waals surface area contributed by atoms with Crippen molar-refractivity contribution in [1.29, 1.82) is 0 Å². The fraction of sp³-hybridized carbons (Fsp3) is 0.625. The van der Waals surface area contributed by atoms with Crippen molar-refractivity contribution in [2.45, 2.75) is 32.7 Å². The lowest BCUT2D eigenvalue weighted by molar-refractivity contribution is 0.157. The topological polar surface area (TPSA) is 24.5 Å². The van der Waals surface area contributed by atoms with Gasteiger partial charge in [-0.1, -0.05) is 12.1 Å². The first-order valence-electron chi connectivity index (χ1n) is 7.07. The Bertz CT molecular complexity index is 360. The number of nitrogens with zero attached hydrogens (tertiary/aromatic N) is 1. The van der Waals surface area contributed by atoms with Gasteiger partial charge in [-0.25, -0.2) is 0 Å². The van der Waals surface area contributed by atoms with E-state index in [-0.39, 0.29) is 5.54 Å². The second-order valence-electron chi connectivity index (χ2n) is 5.59. The maximum atomic E-state index is 5.45. The van der Waals surface area contributed by atoms with Gasteiger partial charge in [-0.15, -0.1) is 0 Å². The predicted octanol–water partition coefficient (Wildman–Crippen LogP) is 2.56. The Morgan fingerprint density at radius 1 is 1.21 bits per heavy atom. The molecule has 3 heteroatoms. The summed E-state index contributed by atoms with van der Waals surface area (Å²) < 4.78 is 5.45. The van der Waals surface area contributed by atoms with Crippen molar-refractivity contribution in [3.8, 4) is 5.75 Å². The van der Waals surface area contributed by atoms with E-state index in [0.29, 0.717) is 0 Å². The SMILES string of the molecule is CCOc1ccc(CCN(C)C(C)(C)CNC)cc1. The highest BCUT2D eigenvalue weighted by Gasteiger charge is 2.21. The Labute approximate surface area is 118 Å². The molecule has 0 bridgehead atoms. The van der Waals surface area contributed by atoms with E-state index in [0.717, 1.165) is 31.9 Å². The third-order valence-electron chi connectivity index (χ3n) is 3.61. The van der Waals surface area contributed by atoms with Gasteiger partial charge in [0.1, 0.15) is 5.75 Å². The van der Waals surface area contributed by atoms with Gasteiger partial charge >= 0.3 is 0 Å². The van der Waals surface area contributed by atoms with E-state index < -0.39 is 0 Å². The van der Waals surface area contributed by atoms with Gasteiger partial charge in [0.15, 0.2) is 0 Å². The van der Waals surface area contributed by atoms with E-state index >= 15 is 0 Å². The first-order chi connectivity index (χ1) is 8.99. The minimum atomic E-state index is 0.181. The Kier molecular flexibility index (Phi) is 6.32. The molecule has 0 atom stereocenters. The third-order valence-corrected chi connectivity index (χ3v) is 3.61. The highest BCUT2D eigenvalue weighted by Crippen LogP contribution is 2.15. The molecule has 19 heavy (non-hydrogen) atoms. The van der Waals surface area contributed by atoms with Crippen molar-refractivity contribution in [2.24, 2.45) is 0 Å². The monoisotopic (exact) mass is 264 g/mol. The van der Waals surface area contributed by atoms with Crippen LogP contribution in [0, 0.1) is 0 Å². The molecule has 0 unspecified atom stereocenters. The smallest absolute Gasteiger partial charge is 0.119 e. The lowest BCUT2D eigenvalue weighted by atomic mass is 10.0. The zero-order chi connectivity index (χ0) is 14.3. The summed E-state index contributed by atoms with van der Waals surface area (Å²) in [6, 6.07) is 8.42. The third kappa shape index (κ3) is 5.21. The van der Waals surface area contributed by atoms with Crippen LogP contribution in [0.5, 0.6) is 5.75 Å². The molecule has 3 nitrogen and oxygen atoms in total. The highest BCUT2D eigenvalue weighted by atomic mass is 16.5. The summed E-state index contributed by atoms with van der Waals surface area (Å²) in [6.07, 6.45) is 1.07. The molecule has 1 aromatic carbocycles. The van der Waals surface area contributed by atoms with Crippen LogP contribution in [0.4, 0.5) is 0 Å². The Morgan fingerprint density at radius 3 is 2.37 bits per heavy atom. The summed E-state index contributed by atoms with van der Waals surface area (Å²) in [5, 5.41) is 3.25. The molecule has 0 radical (unpaired) electrons. The van der Waals surface area contributed by atoms with Crippen LogP contribution in [-0.4, -0.2) is 44.2 Å². The van der Waals surface area contributed by atoms with Gasteiger partial charge in [0, 0.05) is 18.6 Å². The maximum absolute atomic E-state index is 5.45.